The number of hydrogen-bond donors (Lipinski definition) is 2. The Hall–Kier alpha value is -0.420. The zero-order valence-corrected chi connectivity index (χ0v) is 15.2. The predicted octanol–water partition coefficient (Wildman–Crippen LogP) is 3.41. The van der Waals surface area contributed by atoms with Crippen molar-refractivity contribution in [3.63, 3.8) is 0 Å². The second-order valence-electron chi connectivity index (χ2n) is 8.10. The molecule has 0 heterocycles. The first kappa shape index (κ1) is 18.9. The summed E-state index contributed by atoms with van der Waals surface area (Å²) in [4.78, 5) is 0. The number of allylic oxidation sites excluding steroid dienone is 1. The number of hydrogen-bond acceptors (Lipinski definition) is 4. The number of fused-ring (bicyclic) bond motifs is 1. The van der Waals surface area contributed by atoms with Gasteiger partial charge in [-0.1, -0.05) is 13.0 Å². The molecular weight excluding hydrogens is 292 g/mol. The molecule has 0 aliphatic heterocycles. The standard InChI is InChI=1S/C19H34O4/c1-18(2,23-13-22-4)10-6-5-8-14-17(21)12-15-16(20)9-7-11-19(14,15)3/h8,15-17,20-21H,5-7,9-13H2,1-4H3/b14-8+/t15-,16-,17+,19+/m0/s1. The van der Waals surface area contributed by atoms with Crippen LogP contribution in [0.2, 0.25) is 0 Å². The maximum atomic E-state index is 10.5. The minimum atomic E-state index is -0.379. The van der Waals surface area contributed by atoms with Gasteiger partial charge in [0.15, 0.2) is 0 Å². The maximum Gasteiger partial charge on any atom is 0.147 e. The molecule has 23 heavy (non-hydrogen) atoms. The predicted molar refractivity (Wildman–Crippen MR) is 91.1 cm³/mol. The Morgan fingerprint density at radius 1 is 1.35 bits per heavy atom. The molecule has 0 aromatic carbocycles. The smallest absolute Gasteiger partial charge is 0.147 e. The third kappa shape index (κ3) is 4.36. The van der Waals surface area contributed by atoms with Crippen molar-refractivity contribution >= 4 is 0 Å². The summed E-state index contributed by atoms with van der Waals surface area (Å²) < 4.78 is 10.6. The lowest BCUT2D eigenvalue weighted by Crippen LogP contribution is -2.37. The largest absolute Gasteiger partial charge is 0.393 e. The lowest BCUT2D eigenvalue weighted by molar-refractivity contribution is -0.117. The molecule has 0 aromatic heterocycles. The summed E-state index contributed by atoms with van der Waals surface area (Å²) in [6.07, 6.45) is 8.26. The fraction of sp³-hybridized carbons (Fsp3) is 0.895. The van der Waals surface area contributed by atoms with Crippen LogP contribution in [0, 0.1) is 11.3 Å². The molecule has 2 saturated carbocycles. The highest BCUT2D eigenvalue weighted by Crippen LogP contribution is 2.55. The van der Waals surface area contributed by atoms with Gasteiger partial charge in [0.05, 0.1) is 17.8 Å². The first-order valence-corrected chi connectivity index (χ1v) is 9.00. The number of unbranched alkanes of at least 4 members (excludes halogenated alkanes) is 1. The van der Waals surface area contributed by atoms with Crippen LogP contribution in [-0.2, 0) is 9.47 Å². The van der Waals surface area contributed by atoms with Gasteiger partial charge in [0, 0.05) is 7.11 Å². The maximum absolute atomic E-state index is 10.5. The molecule has 0 radical (unpaired) electrons. The van der Waals surface area contributed by atoms with E-state index in [0.29, 0.717) is 13.2 Å². The van der Waals surface area contributed by atoms with E-state index in [2.05, 4.69) is 26.8 Å². The van der Waals surface area contributed by atoms with E-state index in [4.69, 9.17) is 9.47 Å². The highest BCUT2D eigenvalue weighted by Gasteiger charge is 2.51. The summed E-state index contributed by atoms with van der Waals surface area (Å²) in [5, 5.41) is 20.7. The molecule has 0 bridgehead atoms. The van der Waals surface area contributed by atoms with E-state index >= 15 is 0 Å². The molecule has 4 heteroatoms. The Kier molecular flexibility index (Phi) is 6.28. The van der Waals surface area contributed by atoms with E-state index < -0.39 is 0 Å². The molecule has 2 fully saturated rings. The summed E-state index contributed by atoms with van der Waals surface area (Å²) in [6, 6.07) is 0. The molecule has 0 spiro atoms. The number of rotatable bonds is 7. The van der Waals surface area contributed by atoms with Gasteiger partial charge in [-0.3, -0.25) is 0 Å². The SMILES string of the molecule is COCOC(C)(C)CCC/C=C1\[C@H](O)C[C@H]2[C@@H](O)CCC[C@]12C. The molecule has 2 aliphatic rings. The molecule has 0 amide bonds. The van der Waals surface area contributed by atoms with Crippen molar-refractivity contribution in [1.29, 1.82) is 0 Å². The Labute approximate surface area is 140 Å². The molecule has 0 unspecified atom stereocenters. The Morgan fingerprint density at radius 2 is 2.09 bits per heavy atom. The van der Waals surface area contributed by atoms with Crippen LogP contribution >= 0.6 is 0 Å². The van der Waals surface area contributed by atoms with Crippen LogP contribution in [0.25, 0.3) is 0 Å². The van der Waals surface area contributed by atoms with Gasteiger partial charge in [0.1, 0.15) is 6.79 Å². The van der Waals surface area contributed by atoms with E-state index in [-0.39, 0.29) is 29.1 Å². The normalized spacial score (nSPS) is 36.4. The quantitative estimate of drug-likeness (QED) is 0.427. The monoisotopic (exact) mass is 326 g/mol. The van der Waals surface area contributed by atoms with Gasteiger partial charge in [0.25, 0.3) is 0 Å². The first-order chi connectivity index (χ1) is 10.8. The molecule has 0 saturated heterocycles. The molecule has 2 N–H and O–H groups in total. The van der Waals surface area contributed by atoms with E-state index in [1.54, 1.807) is 7.11 Å². The number of aliphatic hydroxyl groups is 2. The summed E-state index contributed by atoms with van der Waals surface area (Å²) in [5.41, 5.74) is 0.965. The van der Waals surface area contributed by atoms with Crippen LogP contribution in [0.5, 0.6) is 0 Å². The molecular formula is C19H34O4. The third-order valence-electron chi connectivity index (χ3n) is 5.89. The van der Waals surface area contributed by atoms with Crippen LogP contribution in [-0.4, -0.2) is 41.9 Å². The fourth-order valence-electron chi connectivity index (χ4n) is 4.46. The van der Waals surface area contributed by atoms with Crippen molar-refractivity contribution in [2.24, 2.45) is 11.3 Å². The summed E-state index contributed by atoms with van der Waals surface area (Å²) in [6.45, 7) is 6.72. The van der Waals surface area contributed by atoms with Crippen molar-refractivity contribution < 1.29 is 19.7 Å². The van der Waals surface area contributed by atoms with Crippen molar-refractivity contribution in [3.8, 4) is 0 Å². The molecule has 0 aromatic rings. The molecule has 134 valence electrons. The van der Waals surface area contributed by atoms with Crippen LogP contribution in [0.3, 0.4) is 0 Å². The van der Waals surface area contributed by atoms with Crippen molar-refractivity contribution in [2.75, 3.05) is 13.9 Å². The summed E-state index contributed by atoms with van der Waals surface area (Å²) in [7, 11) is 1.64. The van der Waals surface area contributed by atoms with E-state index in [1.165, 1.54) is 0 Å². The second-order valence-corrected chi connectivity index (χ2v) is 8.10. The first-order valence-electron chi connectivity index (χ1n) is 9.00. The van der Waals surface area contributed by atoms with E-state index in [1.807, 2.05) is 0 Å². The molecule has 2 rings (SSSR count). The van der Waals surface area contributed by atoms with Gasteiger partial charge in [0.2, 0.25) is 0 Å². The average molecular weight is 326 g/mol. The molecule has 4 atom stereocenters. The van der Waals surface area contributed by atoms with Crippen LogP contribution in [0.15, 0.2) is 11.6 Å². The van der Waals surface area contributed by atoms with Crippen molar-refractivity contribution in [3.05, 3.63) is 11.6 Å². The minimum Gasteiger partial charge on any atom is -0.393 e. The Morgan fingerprint density at radius 3 is 2.78 bits per heavy atom. The zero-order chi connectivity index (χ0) is 17.1. The highest BCUT2D eigenvalue weighted by atomic mass is 16.7. The molecule has 4 nitrogen and oxygen atoms in total. The lowest BCUT2D eigenvalue weighted by Gasteiger charge is -2.40. The summed E-state index contributed by atoms with van der Waals surface area (Å²) >= 11 is 0. The van der Waals surface area contributed by atoms with Crippen LogP contribution in [0.1, 0.15) is 65.7 Å². The topological polar surface area (TPSA) is 58.9 Å². The number of ether oxygens (including phenoxy) is 2. The van der Waals surface area contributed by atoms with Crippen LogP contribution < -0.4 is 0 Å². The van der Waals surface area contributed by atoms with Gasteiger partial charge in [-0.05, 0) is 75.7 Å². The van der Waals surface area contributed by atoms with Crippen LogP contribution in [0.4, 0.5) is 0 Å². The molecule has 2 aliphatic carbocycles. The fourth-order valence-corrected chi connectivity index (χ4v) is 4.46. The van der Waals surface area contributed by atoms with E-state index in [9.17, 15) is 10.2 Å². The minimum absolute atomic E-state index is 0.0147. The number of methoxy groups -OCH3 is 1. The average Bonchev–Trinajstić information content (AvgIpc) is 2.74. The van der Waals surface area contributed by atoms with Gasteiger partial charge < -0.3 is 19.7 Å². The van der Waals surface area contributed by atoms with Gasteiger partial charge in [-0.25, -0.2) is 0 Å². The zero-order valence-electron chi connectivity index (χ0n) is 15.2. The lowest BCUT2D eigenvalue weighted by atomic mass is 9.66. The van der Waals surface area contributed by atoms with Gasteiger partial charge in [-0.2, -0.15) is 0 Å². The third-order valence-corrected chi connectivity index (χ3v) is 5.89. The Balaban J connectivity index is 1.91. The second kappa shape index (κ2) is 7.64. The van der Waals surface area contributed by atoms with E-state index in [0.717, 1.165) is 44.1 Å². The highest BCUT2D eigenvalue weighted by molar-refractivity contribution is 5.27. The van der Waals surface area contributed by atoms with Gasteiger partial charge in [-0.15, -0.1) is 0 Å². The van der Waals surface area contributed by atoms with Crippen molar-refractivity contribution in [1.82, 2.24) is 0 Å². The Bertz CT molecular complexity index is 418. The van der Waals surface area contributed by atoms with Gasteiger partial charge >= 0.3 is 0 Å². The summed E-state index contributed by atoms with van der Waals surface area (Å²) in [5.74, 6) is 0.221. The van der Waals surface area contributed by atoms with Crippen molar-refractivity contribution in [2.45, 2.75) is 83.5 Å². The number of aliphatic hydroxyl groups excluding tert-OH is 2.